The summed E-state index contributed by atoms with van der Waals surface area (Å²) in [5.41, 5.74) is 1.61. The lowest BCUT2D eigenvalue weighted by atomic mass is 10.1. The van der Waals surface area contributed by atoms with E-state index in [4.69, 9.17) is 4.52 Å². The molecule has 0 fully saturated rings. The van der Waals surface area contributed by atoms with Gasteiger partial charge in [-0.25, -0.2) is 4.98 Å². The van der Waals surface area contributed by atoms with Gasteiger partial charge in [-0.05, 0) is 5.56 Å². The molecule has 0 spiro atoms. The molecule has 0 saturated carbocycles. The maximum Gasteiger partial charge on any atom is 0.142 e. The molecule has 0 aliphatic carbocycles. The van der Waals surface area contributed by atoms with E-state index in [1.165, 1.54) is 6.26 Å². The normalized spacial score (nSPS) is 12.5. The van der Waals surface area contributed by atoms with Gasteiger partial charge in [-0.2, -0.15) is 0 Å². The van der Waals surface area contributed by atoms with Crippen molar-refractivity contribution in [1.29, 1.82) is 0 Å². The minimum Gasteiger partial charge on any atom is -0.380 e. The average Bonchev–Trinajstić information content (AvgIpc) is 3.11. The summed E-state index contributed by atoms with van der Waals surface area (Å²) in [5, 5.41) is 14.2. The third-order valence-corrected chi connectivity index (χ3v) is 2.93. The molecule has 5 nitrogen and oxygen atoms in total. The summed E-state index contributed by atoms with van der Waals surface area (Å²) in [5.74, 6) is 0.592. The molecule has 1 N–H and O–H groups in total. The molecular formula is C14H13N3O2. The number of aliphatic hydroxyl groups excluding tert-OH is 1. The second-order valence-electron chi connectivity index (χ2n) is 4.22. The van der Waals surface area contributed by atoms with Crippen LogP contribution in [-0.4, -0.2) is 19.8 Å². The lowest BCUT2D eigenvalue weighted by Gasteiger charge is -2.12. The summed E-state index contributed by atoms with van der Waals surface area (Å²) < 4.78 is 6.66. The average molecular weight is 255 g/mol. The van der Waals surface area contributed by atoms with Crippen molar-refractivity contribution in [2.45, 2.75) is 12.6 Å². The summed E-state index contributed by atoms with van der Waals surface area (Å²) in [4.78, 5) is 4.23. The molecule has 0 unspecified atom stereocenters. The van der Waals surface area contributed by atoms with Gasteiger partial charge < -0.3 is 14.2 Å². The van der Waals surface area contributed by atoms with Crippen molar-refractivity contribution in [1.82, 2.24) is 14.7 Å². The number of benzene rings is 1. The first-order chi connectivity index (χ1) is 9.34. The van der Waals surface area contributed by atoms with Crippen molar-refractivity contribution >= 4 is 0 Å². The Balaban J connectivity index is 1.88. The third-order valence-electron chi connectivity index (χ3n) is 2.93. The molecule has 0 radical (unpaired) electrons. The Labute approximate surface area is 110 Å². The number of hydrogen-bond donors (Lipinski definition) is 1. The zero-order valence-corrected chi connectivity index (χ0v) is 10.2. The van der Waals surface area contributed by atoms with Crippen molar-refractivity contribution < 1.29 is 9.63 Å². The maximum absolute atomic E-state index is 10.4. The van der Waals surface area contributed by atoms with Crippen molar-refractivity contribution in [2.24, 2.45) is 0 Å². The van der Waals surface area contributed by atoms with Crippen LogP contribution in [0.25, 0.3) is 0 Å². The highest BCUT2D eigenvalue weighted by Gasteiger charge is 2.16. The minimum atomic E-state index is -0.747. The van der Waals surface area contributed by atoms with Gasteiger partial charge in [0.05, 0.1) is 6.54 Å². The van der Waals surface area contributed by atoms with E-state index in [1.807, 2.05) is 41.1 Å². The fourth-order valence-corrected chi connectivity index (χ4v) is 1.98. The molecule has 2 heterocycles. The van der Waals surface area contributed by atoms with Crippen LogP contribution in [-0.2, 0) is 6.54 Å². The van der Waals surface area contributed by atoms with Crippen molar-refractivity contribution in [2.75, 3.05) is 0 Å². The summed E-state index contributed by atoms with van der Waals surface area (Å²) in [6.07, 6.45) is 4.26. The van der Waals surface area contributed by atoms with E-state index < -0.39 is 6.10 Å². The summed E-state index contributed by atoms with van der Waals surface area (Å²) in [6.45, 7) is 0.524. The van der Waals surface area contributed by atoms with Gasteiger partial charge >= 0.3 is 0 Å². The van der Waals surface area contributed by atoms with Gasteiger partial charge in [0, 0.05) is 18.5 Å². The van der Waals surface area contributed by atoms with Gasteiger partial charge in [-0.3, -0.25) is 0 Å². The van der Waals surface area contributed by atoms with E-state index in [9.17, 15) is 5.11 Å². The van der Waals surface area contributed by atoms with Crippen LogP contribution >= 0.6 is 0 Å². The minimum absolute atomic E-state index is 0.524. The van der Waals surface area contributed by atoms with E-state index >= 15 is 0 Å². The summed E-state index contributed by atoms with van der Waals surface area (Å²) in [7, 11) is 0. The molecular weight excluding hydrogens is 242 g/mol. The summed E-state index contributed by atoms with van der Waals surface area (Å²) >= 11 is 0. The molecule has 0 aliphatic rings. The largest absolute Gasteiger partial charge is 0.380 e. The second kappa shape index (κ2) is 5.07. The first-order valence-corrected chi connectivity index (χ1v) is 5.98. The number of aromatic nitrogens is 3. The lowest BCUT2D eigenvalue weighted by molar-refractivity contribution is 0.205. The van der Waals surface area contributed by atoms with Gasteiger partial charge in [0.15, 0.2) is 0 Å². The van der Waals surface area contributed by atoms with Gasteiger partial charge in [0.25, 0.3) is 0 Å². The van der Waals surface area contributed by atoms with Crippen molar-refractivity contribution in [3.8, 4) is 0 Å². The Hall–Kier alpha value is -2.40. The predicted octanol–water partition coefficient (Wildman–Crippen LogP) is 2.00. The molecule has 19 heavy (non-hydrogen) atoms. The van der Waals surface area contributed by atoms with Crippen LogP contribution in [0.4, 0.5) is 0 Å². The van der Waals surface area contributed by atoms with E-state index in [0.717, 1.165) is 11.3 Å². The molecule has 5 heteroatoms. The molecule has 1 atom stereocenters. The van der Waals surface area contributed by atoms with Crippen LogP contribution in [0.3, 0.4) is 0 Å². The highest BCUT2D eigenvalue weighted by Crippen LogP contribution is 2.20. The zero-order chi connectivity index (χ0) is 13.1. The van der Waals surface area contributed by atoms with E-state index in [2.05, 4.69) is 10.1 Å². The Kier molecular flexibility index (Phi) is 3.12. The van der Waals surface area contributed by atoms with Gasteiger partial charge in [-0.1, -0.05) is 35.5 Å². The Morgan fingerprint density at radius 2 is 2.05 bits per heavy atom. The van der Waals surface area contributed by atoms with Crippen LogP contribution in [0.15, 0.2) is 59.6 Å². The number of nitrogens with zero attached hydrogens (tertiary/aromatic N) is 3. The van der Waals surface area contributed by atoms with Gasteiger partial charge in [0.2, 0.25) is 0 Å². The Bertz CT molecular complexity index is 632. The van der Waals surface area contributed by atoms with Crippen LogP contribution < -0.4 is 0 Å². The lowest BCUT2D eigenvalue weighted by Crippen LogP contribution is -2.10. The van der Waals surface area contributed by atoms with E-state index in [0.29, 0.717) is 12.4 Å². The molecule has 0 amide bonds. The standard InChI is InChI=1S/C14H13N3O2/c18-13(11-4-2-1-3-5-11)14-15-7-8-17(14)10-12-6-9-19-16-12/h1-9,13,18H,10H2/t13-/m1/s1. The van der Waals surface area contributed by atoms with Crippen LogP contribution in [0.5, 0.6) is 0 Å². The second-order valence-corrected chi connectivity index (χ2v) is 4.22. The molecule has 2 aromatic heterocycles. The van der Waals surface area contributed by atoms with Crippen LogP contribution in [0, 0.1) is 0 Å². The molecule has 0 aliphatic heterocycles. The van der Waals surface area contributed by atoms with E-state index in [1.54, 1.807) is 12.3 Å². The topological polar surface area (TPSA) is 64.1 Å². The molecule has 96 valence electrons. The molecule has 0 saturated heterocycles. The van der Waals surface area contributed by atoms with Crippen LogP contribution in [0.2, 0.25) is 0 Å². The third kappa shape index (κ3) is 2.41. The van der Waals surface area contributed by atoms with Crippen LogP contribution in [0.1, 0.15) is 23.2 Å². The molecule has 3 aromatic rings. The van der Waals surface area contributed by atoms with Gasteiger partial charge in [0.1, 0.15) is 23.9 Å². The monoisotopic (exact) mass is 255 g/mol. The first-order valence-electron chi connectivity index (χ1n) is 5.98. The molecule has 3 rings (SSSR count). The smallest absolute Gasteiger partial charge is 0.142 e. The molecule has 0 bridgehead atoms. The SMILES string of the molecule is O[C@H](c1ccccc1)c1nccn1Cc1ccon1. The fourth-order valence-electron chi connectivity index (χ4n) is 1.98. The Morgan fingerprint density at radius 1 is 1.21 bits per heavy atom. The number of rotatable bonds is 4. The predicted molar refractivity (Wildman–Crippen MR) is 68.3 cm³/mol. The zero-order valence-electron chi connectivity index (χ0n) is 10.2. The highest BCUT2D eigenvalue weighted by molar-refractivity contribution is 5.23. The Morgan fingerprint density at radius 3 is 2.79 bits per heavy atom. The quantitative estimate of drug-likeness (QED) is 0.774. The van der Waals surface area contributed by atoms with Crippen molar-refractivity contribution in [3.05, 3.63) is 72.1 Å². The highest BCUT2D eigenvalue weighted by atomic mass is 16.5. The van der Waals surface area contributed by atoms with E-state index in [-0.39, 0.29) is 0 Å². The maximum atomic E-state index is 10.4. The molecule has 1 aromatic carbocycles. The number of imidazole rings is 1. The number of aliphatic hydroxyl groups is 1. The number of hydrogen-bond acceptors (Lipinski definition) is 4. The summed E-state index contributed by atoms with van der Waals surface area (Å²) in [6, 6.07) is 11.2. The van der Waals surface area contributed by atoms with Gasteiger partial charge in [-0.15, -0.1) is 0 Å². The van der Waals surface area contributed by atoms with Crippen molar-refractivity contribution in [3.63, 3.8) is 0 Å². The fraction of sp³-hybridized carbons (Fsp3) is 0.143. The first kappa shape index (κ1) is 11.7.